The number of benzene rings is 1. The number of rotatable bonds is 15. The molecule has 0 aliphatic carbocycles. The average molecular weight is 536 g/mol. The summed E-state index contributed by atoms with van der Waals surface area (Å²) in [5.41, 5.74) is 17.1. The van der Waals surface area contributed by atoms with E-state index in [4.69, 9.17) is 17.2 Å². The molecule has 1 aromatic carbocycles. The molecule has 0 spiro atoms. The van der Waals surface area contributed by atoms with Crippen molar-refractivity contribution in [2.75, 3.05) is 6.54 Å². The SMILES string of the molecule is CC(C)C(N)C(=O)NC(C(=O)NC(Cc1ccc(O)cc1)C(=O)NC(CCCN=C(N)N)C(=O)O)C(C)C. The number of phenolic OH excluding ortho intramolecular Hbond substituents is 1. The number of nitrogens with two attached hydrogens (primary N) is 3. The van der Waals surface area contributed by atoms with Crippen molar-refractivity contribution in [1.82, 2.24) is 16.0 Å². The van der Waals surface area contributed by atoms with E-state index < -0.39 is 47.9 Å². The second-order valence-corrected chi connectivity index (χ2v) is 9.78. The first kappa shape index (κ1) is 32.2. The molecule has 4 atom stereocenters. The van der Waals surface area contributed by atoms with Gasteiger partial charge in [-0.2, -0.15) is 0 Å². The molecule has 0 fully saturated rings. The van der Waals surface area contributed by atoms with E-state index in [0.717, 1.165) is 0 Å². The number of phenols is 1. The van der Waals surface area contributed by atoms with Crippen LogP contribution in [-0.2, 0) is 25.6 Å². The van der Waals surface area contributed by atoms with Crippen molar-refractivity contribution in [3.63, 3.8) is 0 Å². The molecule has 0 heterocycles. The van der Waals surface area contributed by atoms with Crippen LogP contribution in [0.2, 0.25) is 0 Å². The number of hydrogen-bond donors (Lipinski definition) is 8. The first-order valence-electron chi connectivity index (χ1n) is 12.5. The third-order valence-corrected chi connectivity index (χ3v) is 5.84. The van der Waals surface area contributed by atoms with Crippen LogP contribution in [-0.4, -0.2) is 70.6 Å². The maximum absolute atomic E-state index is 13.2. The maximum Gasteiger partial charge on any atom is 0.326 e. The molecule has 3 amide bonds. The van der Waals surface area contributed by atoms with E-state index in [9.17, 15) is 29.4 Å². The predicted molar refractivity (Wildman–Crippen MR) is 143 cm³/mol. The van der Waals surface area contributed by atoms with E-state index in [-0.39, 0.29) is 42.9 Å². The Morgan fingerprint density at radius 2 is 1.45 bits per heavy atom. The van der Waals surface area contributed by atoms with Gasteiger partial charge in [-0.05, 0) is 42.4 Å². The first-order chi connectivity index (χ1) is 17.7. The zero-order valence-electron chi connectivity index (χ0n) is 22.3. The lowest BCUT2D eigenvalue weighted by molar-refractivity contribution is -0.142. The molecule has 38 heavy (non-hydrogen) atoms. The van der Waals surface area contributed by atoms with Gasteiger partial charge in [0.1, 0.15) is 23.9 Å². The normalized spacial score (nSPS) is 14.2. The van der Waals surface area contributed by atoms with Crippen LogP contribution in [0, 0.1) is 11.8 Å². The van der Waals surface area contributed by atoms with E-state index in [1.165, 1.54) is 12.1 Å². The molecule has 11 N–H and O–H groups in total. The number of aliphatic imine (C=N–C) groups is 1. The van der Waals surface area contributed by atoms with Gasteiger partial charge in [0, 0.05) is 13.0 Å². The molecule has 0 aromatic heterocycles. The Hall–Kier alpha value is -3.87. The Morgan fingerprint density at radius 3 is 1.95 bits per heavy atom. The van der Waals surface area contributed by atoms with Gasteiger partial charge in [0.15, 0.2) is 5.96 Å². The number of carboxylic acids is 1. The molecule has 0 radical (unpaired) electrons. The van der Waals surface area contributed by atoms with Gasteiger partial charge in [0.05, 0.1) is 6.04 Å². The van der Waals surface area contributed by atoms with Crippen molar-refractivity contribution < 1.29 is 29.4 Å². The molecule has 0 saturated carbocycles. The Labute approximate surface area is 222 Å². The molecular formula is C25H41N7O6. The average Bonchev–Trinajstić information content (AvgIpc) is 2.83. The highest BCUT2D eigenvalue weighted by molar-refractivity contribution is 5.94. The third-order valence-electron chi connectivity index (χ3n) is 5.84. The van der Waals surface area contributed by atoms with E-state index in [0.29, 0.717) is 12.0 Å². The lowest BCUT2D eigenvalue weighted by Crippen LogP contribution is -2.59. The molecule has 1 rings (SSSR count). The van der Waals surface area contributed by atoms with E-state index in [1.54, 1.807) is 39.8 Å². The number of hydrogen-bond acceptors (Lipinski definition) is 7. The number of nitrogens with one attached hydrogen (secondary N) is 3. The van der Waals surface area contributed by atoms with Crippen molar-refractivity contribution in [3.8, 4) is 5.75 Å². The highest BCUT2D eigenvalue weighted by Crippen LogP contribution is 2.13. The fraction of sp³-hybridized carbons (Fsp3) is 0.560. The van der Waals surface area contributed by atoms with Crippen LogP contribution in [0.3, 0.4) is 0 Å². The van der Waals surface area contributed by atoms with Crippen LogP contribution in [0.15, 0.2) is 29.3 Å². The summed E-state index contributed by atoms with van der Waals surface area (Å²) in [6.07, 6.45) is 0.347. The molecule has 4 unspecified atom stereocenters. The number of aromatic hydroxyl groups is 1. The molecule has 0 saturated heterocycles. The van der Waals surface area contributed by atoms with E-state index in [1.807, 2.05) is 0 Å². The molecule has 13 nitrogen and oxygen atoms in total. The smallest absolute Gasteiger partial charge is 0.326 e. The number of carbonyl (C=O) groups is 4. The fourth-order valence-corrected chi connectivity index (χ4v) is 3.46. The zero-order valence-corrected chi connectivity index (χ0v) is 22.3. The second kappa shape index (κ2) is 15.4. The van der Waals surface area contributed by atoms with Gasteiger partial charge in [0.2, 0.25) is 17.7 Å². The van der Waals surface area contributed by atoms with Crippen LogP contribution in [0.1, 0.15) is 46.1 Å². The number of amides is 3. The summed E-state index contributed by atoms with van der Waals surface area (Å²) in [5.74, 6) is -3.70. The summed E-state index contributed by atoms with van der Waals surface area (Å²) in [6.45, 7) is 7.21. The molecule has 13 heteroatoms. The Balaban J connectivity index is 3.11. The lowest BCUT2D eigenvalue weighted by atomic mass is 9.99. The molecule has 0 aliphatic heterocycles. The van der Waals surface area contributed by atoms with Crippen LogP contribution in [0.25, 0.3) is 0 Å². The minimum atomic E-state index is -1.26. The molecule has 212 valence electrons. The molecule has 1 aromatic rings. The van der Waals surface area contributed by atoms with Crippen molar-refractivity contribution in [2.45, 2.75) is 71.1 Å². The van der Waals surface area contributed by atoms with Crippen LogP contribution < -0.4 is 33.2 Å². The standard InChI is InChI=1S/C25H41N7O6/c1-13(2)19(26)22(35)32-20(14(3)4)23(36)31-18(12-15-7-9-16(33)10-8-15)21(34)30-17(24(37)38)6-5-11-29-25(27)28/h7-10,13-14,17-20,33H,5-6,11-12,26H2,1-4H3,(H,30,34)(H,31,36)(H,32,35)(H,37,38)(H4,27,28,29). The molecule has 0 aliphatic rings. The largest absolute Gasteiger partial charge is 0.508 e. The zero-order chi connectivity index (χ0) is 29.0. The van der Waals surface area contributed by atoms with Gasteiger partial charge in [0.25, 0.3) is 0 Å². The van der Waals surface area contributed by atoms with Crippen LogP contribution in [0.5, 0.6) is 5.75 Å². The number of nitrogens with zero attached hydrogens (tertiary/aromatic N) is 1. The van der Waals surface area contributed by atoms with Gasteiger partial charge >= 0.3 is 5.97 Å². The minimum Gasteiger partial charge on any atom is -0.508 e. The van der Waals surface area contributed by atoms with Gasteiger partial charge in [-0.1, -0.05) is 39.8 Å². The lowest BCUT2D eigenvalue weighted by Gasteiger charge is -2.27. The quantitative estimate of drug-likeness (QED) is 0.0793. The van der Waals surface area contributed by atoms with Gasteiger partial charge in [-0.3, -0.25) is 19.4 Å². The Morgan fingerprint density at radius 1 is 0.868 bits per heavy atom. The van der Waals surface area contributed by atoms with Crippen molar-refractivity contribution in [2.24, 2.45) is 34.0 Å². The molecular weight excluding hydrogens is 494 g/mol. The summed E-state index contributed by atoms with van der Waals surface area (Å²) in [7, 11) is 0. The summed E-state index contributed by atoms with van der Waals surface area (Å²) >= 11 is 0. The fourth-order valence-electron chi connectivity index (χ4n) is 3.46. The van der Waals surface area contributed by atoms with Crippen molar-refractivity contribution in [3.05, 3.63) is 29.8 Å². The Bertz CT molecular complexity index is 977. The highest BCUT2D eigenvalue weighted by atomic mass is 16.4. The number of aliphatic carboxylic acids is 1. The van der Waals surface area contributed by atoms with E-state index >= 15 is 0 Å². The summed E-state index contributed by atoms with van der Waals surface area (Å²) in [4.78, 5) is 54.5. The molecule has 0 bridgehead atoms. The van der Waals surface area contributed by atoms with Gasteiger partial charge < -0.3 is 43.4 Å². The predicted octanol–water partition coefficient (Wildman–Crippen LogP) is -0.833. The summed E-state index contributed by atoms with van der Waals surface area (Å²) < 4.78 is 0. The van der Waals surface area contributed by atoms with Crippen LogP contribution >= 0.6 is 0 Å². The second-order valence-electron chi connectivity index (χ2n) is 9.78. The number of carbonyl (C=O) groups excluding carboxylic acids is 3. The third kappa shape index (κ3) is 11.0. The van der Waals surface area contributed by atoms with Crippen molar-refractivity contribution in [1.29, 1.82) is 0 Å². The van der Waals surface area contributed by atoms with Crippen molar-refractivity contribution >= 4 is 29.7 Å². The van der Waals surface area contributed by atoms with Gasteiger partial charge in [-0.15, -0.1) is 0 Å². The minimum absolute atomic E-state index is 0.00244. The highest BCUT2D eigenvalue weighted by Gasteiger charge is 2.32. The van der Waals surface area contributed by atoms with E-state index in [2.05, 4.69) is 20.9 Å². The monoisotopic (exact) mass is 535 g/mol. The maximum atomic E-state index is 13.2. The number of guanidine groups is 1. The van der Waals surface area contributed by atoms with Crippen LogP contribution in [0.4, 0.5) is 0 Å². The number of carboxylic acid groups (broad SMARTS) is 1. The first-order valence-corrected chi connectivity index (χ1v) is 12.5. The Kier molecular flexibility index (Phi) is 13.0. The topological polar surface area (TPSA) is 235 Å². The summed E-state index contributed by atoms with van der Waals surface area (Å²) in [5, 5.41) is 26.9. The summed E-state index contributed by atoms with van der Waals surface area (Å²) in [6, 6.07) is 1.78. The van der Waals surface area contributed by atoms with Gasteiger partial charge in [-0.25, -0.2) is 4.79 Å².